The van der Waals surface area contributed by atoms with Gasteiger partial charge in [0, 0.05) is 23.7 Å². The molecule has 1 fully saturated rings. The van der Waals surface area contributed by atoms with Gasteiger partial charge in [-0.2, -0.15) is 5.10 Å². The van der Waals surface area contributed by atoms with Gasteiger partial charge in [0.25, 0.3) is 11.8 Å². The number of amides is 2. The van der Waals surface area contributed by atoms with Gasteiger partial charge in [-0.25, -0.2) is 4.68 Å². The SMILES string of the molecule is CC(C)Cc1nn(-c2ccc(C(N)=O)c(NC3CCC(O)CC3)c2)c2c1C(=O)NC(C)(C)C2. The van der Waals surface area contributed by atoms with Crippen LogP contribution in [0.25, 0.3) is 5.69 Å². The summed E-state index contributed by atoms with van der Waals surface area (Å²) in [5.41, 5.74) is 9.50. The zero-order valence-corrected chi connectivity index (χ0v) is 19.9. The van der Waals surface area contributed by atoms with Crippen LogP contribution < -0.4 is 16.4 Å². The molecule has 4 rings (SSSR count). The fourth-order valence-corrected chi connectivity index (χ4v) is 4.94. The van der Waals surface area contributed by atoms with Crippen LogP contribution in [0.4, 0.5) is 5.69 Å². The topological polar surface area (TPSA) is 122 Å². The Hall–Kier alpha value is -2.87. The predicted octanol–water partition coefficient (Wildman–Crippen LogP) is 2.95. The van der Waals surface area contributed by atoms with Crippen molar-refractivity contribution in [3.63, 3.8) is 0 Å². The highest BCUT2D eigenvalue weighted by atomic mass is 16.3. The molecule has 1 aliphatic carbocycles. The molecule has 2 amide bonds. The lowest BCUT2D eigenvalue weighted by molar-refractivity contribution is 0.0894. The number of nitrogens with zero attached hydrogens (tertiary/aromatic N) is 2. The molecule has 1 aromatic heterocycles. The number of anilines is 1. The fourth-order valence-electron chi connectivity index (χ4n) is 4.94. The number of aliphatic hydroxyl groups is 1. The fraction of sp³-hybridized carbons (Fsp3) is 0.560. The van der Waals surface area contributed by atoms with Crippen LogP contribution in [0.3, 0.4) is 0 Å². The molecule has 1 aliphatic heterocycles. The van der Waals surface area contributed by atoms with E-state index in [1.807, 2.05) is 30.7 Å². The maximum absolute atomic E-state index is 13.0. The molecule has 0 saturated heterocycles. The number of nitrogens with two attached hydrogens (primary N) is 1. The number of aromatic nitrogens is 2. The molecule has 8 nitrogen and oxygen atoms in total. The molecule has 5 N–H and O–H groups in total. The van der Waals surface area contributed by atoms with E-state index < -0.39 is 5.91 Å². The summed E-state index contributed by atoms with van der Waals surface area (Å²) in [6.07, 6.45) is 4.23. The van der Waals surface area contributed by atoms with Crippen LogP contribution in [0.1, 0.15) is 85.5 Å². The minimum Gasteiger partial charge on any atom is -0.393 e. The normalized spacial score (nSPS) is 22.1. The number of carbonyl (C=O) groups excluding carboxylic acids is 2. The van der Waals surface area contributed by atoms with Gasteiger partial charge in [0.1, 0.15) is 0 Å². The first-order valence-corrected chi connectivity index (χ1v) is 11.9. The highest BCUT2D eigenvalue weighted by molar-refractivity contribution is 5.99. The minimum absolute atomic E-state index is 0.0870. The Morgan fingerprint density at radius 3 is 2.64 bits per heavy atom. The summed E-state index contributed by atoms with van der Waals surface area (Å²) in [5, 5.41) is 21.3. The highest BCUT2D eigenvalue weighted by Crippen LogP contribution is 2.31. The van der Waals surface area contributed by atoms with Crippen molar-refractivity contribution in [1.82, 2.24) is 15.1 Å². The molecule has 0 unspecified atom stereocenters. The predicted molar refractivity (Wildman–Crippen MR) is 128 cm³/mol. The number of aliphatic hydroxyl groups excluding tert-OH is 1. The van der Waals surface area contributed by atoms with Crippen LogP contribution in [-0.4, -0.2) is 44.4 Å². The van der Waals surface area contributed by atoms with Crippen molar-refractivity contribution in [2.24, 2.45) is 11.7 Å². The Kier molecular flexibility index (Phi) is 6.22. The van der Waals surface area contributed by atoms with Gasteiger partial charge in [0.2, 0.25) is 0 Å². The second-order valence-electron chi connectivity index (χ2n) is 10.5. The van der Waals surface area contributed by atoms with Crippen LogP contribution in [-0.2, 0) is 12.8 Å². The number of carbonyl (C=O) groups is 2. The Labute approximate surface area is 194 Å². The average molecular weight is 454 g/mol. The monoisotopic (exact) mass is 453 g/mol. The summed E-state index contributed by atoms with van der Waals surface area (Å²) in [7, 11) is 0. The Morgan fingerprint density at radius 1 is 1.30 bits per heavy atom. The number of fused-ring (bicyclic) bond motifs is 1. The first-order valence-electron chi connectivity index (χ1n) is 11.9. The zero-order chi connectivity index (χ0) is 23.9. The van der Waals surface area contributed by atoms with Gasteiger partial charge in [-0.15, -0.1) is 0 Å². The summed E-state index contributed by atoms with van der Waals surface area (Å²) in [6.45, 7) is 8.24. The third kappa shape index (κ3) is 4.90. The van der Waals surface area contributed by atoms with E-state index in [-0.39, 0.29) is 23.6 Å². The van der Waals surface area contributed by atoms with Crippen LogP contribution in [0, 0.1) is 5.92 Å². The third-order valence-corrected chi connectivity index (χ3v) is 6.51. The minimum atomic E-state index is -0.497. The van der Waals surface area contributed by atoms with E-state index in [1.54, 1.807) is 6.07 Å². The number of benzene rings is 1. The molecule has 2 aromatic rings. The highest BCUT2D eigenvalue weighted by Gasteiger charge is 2.36. The largest absolute Gasteiger partial charge is 0.393 e. The van der Waals surface area contributed by atoms with Gasteiger partial charge in [-0.3, -0.25) is 9.59 Å². The molecule has 178 valence electrons. The summed E-state index contributed by atoms with van der Waals surface area (Å²) in [6, 6.07) is 5.62. The van der Waals surface area contributed by atoms with Crippen molar-refractivity contribution in [2.75, 3.05) is 5.32 Å². The standard InChI is InChI=1S/C25H35N5O3/c1-14(2)11-20-22-21(13-25(3,4)28-24(22)33)30(29-20)16-7-10-18(23(26)32)19(12-16)27-15-5-8-17(31)9-6-15/h7,10,12,14-15,17,27,31H,5-6,8-9,11,13H2,1-4H3,(H2,26,32)(H,28,33). The first-order chi connectivity index (χ1) is 15.5. The molecule has 0 atom stereocenters. The zero-order valence-electron chi connectivity index (χ0n) is 19.9. The van der Waals surface area contributed by atoms with Crippen LogP contribution in [0.5, 0.6) is 0 Å². The maximum atomic E-state index is 13.0. The van der Waals surface area contributed by atoms with E-state index in [0.29, 0.717) is 35.6 Å². The number of primary amides is 1. The first kappa shape index (κ1) is 23.3. The van der Waals surface area contributed by atoms with E-state index in [4.69, 9.17) is 10.8 Å². The second-order valence-corrected chi connectivity index (χ2v) is 10.5. The molecule has 0 bridgehead atoms. The van der Waals surface area contributed by atoms with E-state index in [0.717, 1.165) is 42.8 Å². The maximum Gasteiger partial charge on any atom is 0.255 e. The van der Waals surface area contributed by atoms with Gasteiger partial charge in [0.15, 0.2) is 0 Å². The third-order valence-electron chi connectivity index (χ3n) is 6.51. The molecule has 2 heterocycles. The Bertz CT molecular complexity index is 1060. The van der Waals surface area contributed by atoms with Crippen LogP contribution in [0.2, 0.25) is 0 Å². The number of hydrogen-bond acceptors (Lipinski definition) is 5. The van der Waals surface area contributed by atoms with Gasteiger partial charge in [-0.05, 0) is 70.1 Å². The van der Waals surface area contributed by atoms with Crippen LogP contribution >= 0.6 is 0 Å². The summed E-state index contributed by atoms with van der Waals surface area (Å²) in [4.78, 5) is 25.1. The molecule has 1 saturated carbocycles. The van der Waals surface area contributed by atoms with Gasteiger partial charge < -0.3 is 21.5 Å². The number of hydrogen-bond donors (Lipinski definition) is 4. The van der Waals surface area contributed by atoms with Gasteiger partial charge in [-0.1, -0.05) is 13.8 Å². The van der Waals surface area contributed by atoms with Crippen molar-refractivity contribution in [3.05, 3.63) is 40.7 Å². The van der Waals surface area contributed by atoms with E-state index >= 15 is 0 Å². The van der Waals surface area contributed by atoms with Crippen molar-refractivity contribution >= 4 is 17.5 Å². The quantitative estimate of drug-likeness (QED) is 0.536. The van der Waals surface area contributed by atoms with Crippen molar-refractivity contribution < 1.29 is 14.7 Å². The van der Waals surface area contributed by atoms with Crippen molar-refractivity contribution in [2.45, 2.75) is 83.9 Å². The molecule has 1 aromatic carbocycles. The molecule has 2 aliphatic rings. The Balaban J connectivity index is 1.77. The molecular formula is C25H35N5O3. The van der Waals surface area contributed by atoms with Crippen LogP contribution in [0.15, 0.2) is 18.2 Å². The molecule has 33 heavy (non-hydrogen) atoms. The lowest BCUT2D eigenvalue weighted by Crippen LogP contribution is -2.49. The lowest BCUT2D eigenvalue weighted by Gasteiger charge is -2.31. The van der Waals surface area contributed by atoms with Gasteiger partial charge in [0.05, 0.1) is 34.3 Å². The summed E-state index contributed by atoms with van der Waals surface area (Å²) in [5.74, 6) is -0.226. The number of rotatable bonds is 6. The van der Waals surface area contributed by atoms with E-state index in [9.17, 15) is 14.7 Å². The number of nitrogens with one attached hydrogen (secondary N) is 2. The molecule has 0 spiro atoms. The molecular weight excluding hydrogens is 418 g/mol. The molecule has 0 radical (unpaired) electrons. The average Bonchev–Trinajstić information content (AvgIpc) is 3.05. The smallest absolute Gasteiger partial charge is 0.255 e. The summed E-state index contributed by atoms with van der Waals surface area (Å²) < 4.78 is 1.86. The van der Waals surface area contributed by atoms with E-state index in [1.165, 1.54) is 0 Å². The van der Waals surface area contributed by atoms with Crippen molar-refractivity contribution in [3.8, 4) is 5.69 Å². The Morgan fingerprint density at radius 2 is 2.00 bits per heavy atom. The second kappa shape index (κ2) is 8.82. The lowest BCUT2D eigenvalue weighted by atomic mass is 9.89. The van der Waals surface area contributed by atoms with E-state index in [2.05, 4.69) is 24.5 Å². The van der Waals surface area contributed by atoms with Crippen molar-refractivity contribution in [1.29, 1.82) is 0 Å². The summed E-state index contributed by atoms with van der Waals surface area (Å²) >= 11 is 0. The van der Waals surface area contributed by atoms with Gasteiger partial charge >= 0.3 is 0 Å². The molecule has 8 heteroatoms.